The van der Waals surface area contributed by atoms with E-state index in [1.54, 1.807) is 0 Å². The Morgan fingerprint density at radius 3 is 1.34 bits per heavy atom. The first-order valence-corrected chi connectivity index (χ1v) is 33.0. The SMILES string of the molecule is CC1(C)c2ccccc2-c2c(N(c3ccccc3-c3cccc4sc5ccccc5c34)c3cccc4cc(-c5cccc6c5-c5cccc(N(c7ccccc7-c7cccc8sc9ccccc9c78)c7cccc8ccccc78)c5C6(C)C)ccc34)cccc21. The van der Waals surface area contributed by atoms with Crippen LogP contribution in [0.25, 0.3) is 118 Å². The van der Waals surface area contributed by atoms with Gasteiger partial charge in [0.15, 0.2) is 0 Å². The Hall–Kier alpha value is -10.4. The number of hydrogen-bond acceptors (Lipinski definition) is 4. The molecule has 90 heavy (non-hydrogen) atoms. The Labute approximate surface area is 532 Å². The van der Waals surface area contributed by atoms with Crippen molar-refractivity contribution in [2.45, 2.75) is 38.5 Å². The highest BCUT2D eigenvalue weighted by atomic mass is 32.1. The second kappa shape index (κ2) is 20.1. The van der Waals surface area contributed by atoms with Crippen molar-refractivity contribution in [3.8, 4) is 55.6 Å². The van der Waals surface area contributed by atoms with Crippen molar-refractivity contribution in [2.75, 3.05) is 9.80 Å². The number of anilines is 6. The van der Waals surface area contributed by atoms with Gasteiger partial charge in [-0.3, -0.25) is 0 Å². The normalized spacial score (nSPS) is 13.5. The monoisotopic (exact) mass is 1180 g/mol. The highest BCUT2D eigenvalue weighted by Gasteiger charge is 2.42. The van der Waals surface area contributed by atoms with Crippen molar-refractivity contribution >= 4 is 119 Å². The van der Waals surface area contributed by atoms with Crippen molar-refractivity contribution in [2.24, 2.45) is 0 Å². The zero-order chi connectivity index (χ0) is 60.0. The van der Waals surface area contributed by atoms with E-state index in [9.17, 15) is 0 Å². The van der Waals surface area contributed by atoms with E-state index in [0.29, 0.717) is 0 Å². The number of rotatable bonds is 9. The van der Waals surface area contributed by atoms with Crippen molar-refractivity contribution in [1.29, 1.82) is 0 Å². The third-order valence-corrected chi connectivity index (χ3v) is 22.1. The number of fused-ring (bicyclic) bond motifs is 14. The van der Waals surface area contributed by atoms with Gasteiger partial charge in [-0.2, -0.15) is 0 Å². The van der Waals surface area contributed by atoms with Gasteiger partial charge in [-0.05, 0) is 139 Å². The van der Waals surface area contributed by atoms with Gasteiger partial charge in [0.25, 0.3) is 0 Å². The predicted molar refractivity (Wildman–Crippen MR) is 388 cm³/mol. The van der Waals surface area contributed by atoms with Gasteiger partial charge in [0.1, 0.15) is 0 Å². The summed E-state index contributed by atoms with van der Waals surface area (Å²) < 4.78 is 5.20. The largest absolute Gasteiger partial charge is 0.309 e. The Morgan fingerprint density at radius 1 is 0.256 bits per heavy atom. The van der Waals surface area contributed by atoms with E-state index in [4.69, 9.17) is 0 Å². The minimum absolute atomic E-state index is 0.181. The third-order valence-electron chi connectivity index (χ3n) is 19.8. The van der Waals surface area contributed by atoms with Gasteiger partial charge >= 0.3 is 0 Å². The molecular weight excluding hydrogens is 1130 g/mol. The Morgan fingerprint density at radius 2 is 0.667 bits per heavy atom. The van der Waals surface area contributed by atoms with Crippen LogP contribution in [0.4, 0.5) is 34.1 Å². The van der Waals surface area contributed by atoms with Gasteiger partial charge in [-0.15, -0.1) is 22.7 Å². The zero-order valence-corrected chi connectivity index (χ0v) is 52.1. The van der Waals surface area contributed by atoms with Crippen LogP contribution in [0.2, 0.25) is 0 Å². The lowest BCUT2D eigenvalue weighted by atomic mass is 9.80. The lowest BCUT2D eigenvalue weighted by Crippen LogP contribution is -2.21. The molecule has 2 aliphatic carbocycles. The van der Waals surface area contributed by atoms with Gasteiger partial charge in [0.05, 0.1) is 34.1 Å². The maximum Gasteiger partial charge on any atom is 0.0543 e. The molecular formula is C86H60N2S2. The van der Waals surface area contributed by atoms with Gasteiger partial charge in [0, 0.05) is 78.6 Å². The van der Waals surface area contributed by atoms with E-state index >= 15 is 0 Å². The van der Waals surface area contributed by atoms with Crippen LogP contribution in [-0.4, -0.2) is 0 Å². The molecule has 0 saturated carbocycles. The molecule has 0 N–H and O–H groups in total. The Balaban J connectivity index is 0.828. The van der Waals surface area contributed by atoms with E-state index in [-0.39, 0.29) is 10.8 Å². The summed E-state index contributed by atoms with van der Waals surface area (Å²) in [5.41, 5.74) is 24.1. The minimum Gasteiger partial charge on any atom is -0.309 e. The smallest absolute Gasteiger partial charge is 0.0543 e. The second-order valence-corrected chi connectivity index (χ2v) is 27.6. The topological polar surface area (TPSA) is 6.48 Å². The minimum atomic E-state index is -0.376. The van der Waals surface area contributed by atoms with E-state index in [1.165, 1.54) is 151 Å². The maximum atomic E-state index is 2.59. The number of para-hydroxylation sites is 2. The van der Waals surface area contributed by atoms with Crippen molar-refractivity contribution in [1.82, 2.24) is 0 Å². The third kappa shape index (κ3) is 7.75. The standard InChI is InChI=1S/C86H60N2S2/c1-85(2)67-37-12-7-30-63(67)83-69(85)39-23-44-74(83)87(72-40-13-8-28-59(72)61-34-21-48-78-81(61)64-31-10-15-46-76(64)89-78)71-43-18-26-54-52-55(50-51-57(54)71)58-33-19-38-68-80(58)66-36-20-45-75(84(66)86(68,3)4)88(70-42-17-25-53-24-5-6-27-56(53)70)73-41-14-9-29-60(73)62-35-22-49-79-82(62)65-32-11-16-47-77(65)90-79/h5-52H,1-4H3. The first kappa shape index (κ1) is 52.7. The summed E-state index contributed by atoms with van der Waals surface area (Å²) in [6, 6.07) is 110. The summed E-state index contributed by atoms with van der Waals surface area (Å²) in [4.78, 5) is 5.18. The van der Waals surface area contributed by atoms with Crippen LogP contribution in [0, 0.1) is 0 Å². The maximum absolute atomic E-state index is 2.59. The highest BCUT2D eigenvalue weighted by molar-refractivity contribution is 7.26. The fourth-order valence-electron chi connectivity index (χ4n) is 15.9. The first-order valence-electron chi connectivity index (χ1n) is 31.3. The number of thiophene rings is 2. The number of nitrogens with zero attached hydrogens (tertiary/aromatic N) is 2. The van der Waals surface area contributed by atoms with E-state index < -0.39 is 0 Å². The molecule has 0 unspecified atom stereocenters. The second-order valence-electron chi connectivity index (χ2n) is 25.4. The molecule has 0 fully saturated rings. The first-order chi connectivity index (χ1) is 44.2. The highest BCUT2D eigenvalue weighted by Crippen LogP contribution is 2.60. The molecule has 2 aliphatic rings. The van der Waals surface area contributed by atoms with E-state index in [1.807, 2.05) is 22.7 Å². The van der Waals surface area contributed by atoms with Crippen LogP contribution in [0.5, 0.6) is 0 Å². The van der Waals surface area contributed by atoms with Crippen LogP contribution in [0.1, 0.15) is 49.9 Å². The molecule has 426 valence electrons. The molecule has 16 aromatic rings. The summed E-state index contributed by atoms with van der Waals surface area (Å²) in [5, 5.41) is 9.98. The summed E-state index contributed by atoms with van der Waals surface area (Å²) in [6.07, 6.45) is 0. The lowest BCUT2D eigenvalue weighted by Gasteiger charge is -2.34. The van der Waals surface area contributed by atoms with Gasteiger partial charge in [-0.1, -0.05) is 252 Å². The average molecular weight is 1190 g/mol. The van der Waals surface area contributed by atoms with Gasteiger partial charge < -0.3 is 9.80 Å². The molecule has 0 amide bonds. The van der Waals surface area contributed by atoms with Crippen molar-refractivity contribution < 1.29 is 0 Å². The summed E-state index contributed by atoms with van der Waals surface area (Å²) in [5.74, 6) is 0. The fourth-order valence-corrected chi connectivity index (χ4v) is 18.1. The lowest BCUT2D eigenvalue weighted by molar-refractivity contribution is 0.660. The Kier molecular flexibility index (Phi) is 11.8. The molecule has 0 atom stereocenters. The van der Waals surface area contributed by atoms with Gasteiger partial charge in [-0.25, -0.2) is 0 Å². The van der Waals surface area contributed by atoms with Crippen LogP contribution < -0.4 is 9.80 Å². The van der Waals surface area contributed by atoms with Crippen molar-refractivity contribution in [3.05, 3.63) is 313 Å². The molecule has 0 radical (unpaired) electrons. The van der Waals surface area contributed by atoms with E-state index in [0.717, 1.165) is 22.7 Å². The molecule has 0 bridgehead atoms. The summed E-state index contributed by atoms with van der Waals surface area (Å²) in [7, 11) is 0. The predicted octanol–water partition coefficient (Wildman–Crippen LogP) is 25.3. The van der Waals surface area contributed by atoms with Crippen LogP contribution >= 0.6 is 22.7 Å². The molecule has 2 heterocycles. The Bertz CT molecular complexity index is 5650. The molecule has 0 spiro atoms. The molecule has 0 aliphatic heterocycles. The molecule has 18 rings (SSSR count). The summed E-state index contributed by atoms with van der Waals surface area (Å²) in [6.45, 7) is 9.65. The number of benzene rings is 14. The molecule has 14 aromatic carbocycles. The van der Waals surface area contributed by atoms with Gasteiger partial charge in [0.2, 0.25) is 0 Å². The van der Waals surface area contributed by atoms with Crippen molar-refractivity contribution in [3.63, 3.8) is 0 Å². The quantitative estimate of drug-likeness (QED) is 0.142. The van der Waals surface area contributed by atoms with Crippen LogP contribution in [0.15, 0.2) is 291 Å². The van der Waals surface area contributed by atoms with E-state index in [2.05, 4.69) is 329 Å². The molecule has 4 heteroatoms. The average Bonchev–Trinajstić information content (AvgIpc) is 1.53. The number of hydrogen-bond donors (Lipinski definition) is 0. The zero-order valence-electron chi connectivity index (χ0n) is 50.4. The fraction of sp³-hybridized carbons (Fsp3) is 0.0698. The molecule has 2 aromatic heterocycles. The summed E-state index contributed by atoms with van der Waals surface area (Å²) >= 11 is 3.75. The molecule has 0 saturated heterocycles. The molecule has 2 nitrogen and oxygen atoms in total. The van der Waals surface area contributed by atoms with Crippen LogP contribution in [-0.2, 0) is 10.8 Å². The van der Waals surface area contributed by atoms with Crippen LogP contribution in [0.3, 0.4) is 0 Å².